The molecule has 1 rings (SSSR count). The van der Waals surface area contributed by atoms with Gasteiger partial charge in [0, 0.05) is 12.0 Å². The zero-order valence-corrected chi connectivity index (χ0v) is 13.7. The monoisotopic (exact) mass is 286 g/mol. The Labute approximate surface area is 128 Å². The summed E-state index contributed by atoms with van der Waals surface area (Å²) in [5.74, 6) is 6.18. The number of rotatable bonds is 3. The van der Waals surface area contributed by atoms with E-state index in [4.69, 9.17) is 5.73 Å². The lowest BCUT2D eigenvalue weighted by Gasteiger charge is -2.26. The molecule has 0 spiro atoms. The molecule has 1 atom stereocenters. The molecular weight excluding hydrogens is 260 g/mol. The lowest BCUT2D eigenvalue weighted by Crippen LogP contribution is -2.24. The second-order valence-electron chi connectivity index (χ2n) is 6.57. The fourth-order valence-electron chi connectivity index (χ4n) is 1.80. The molecule has 1 unspecified atom stereocenters. The summed E-state index contributed by atoms with van der Waals surface area (Å²) < 4.78 is 0. The fourth-order valence-corrected chi connectivity index (χ4v) is 1.80. The van der Waals surface area contributed by atoms with Crippen molar-refractivity contribution in [2.45, 2.75) is 41.0 Å². The third-order valence-electron chi connectivity index (χ3n) is 3.74. The Morgan fingerprint density at radius 1 is 1.38 bits per heavy atom. The number of carbonyl (C=O) groups is 1. The molecule has 114 valence electrons. The van der Waals surface area contributed by atoms with Crippen LogP contribution in [0.15, 0.2) is 18.2 Å². The van der Waals surface area contributed by atoms with E-state index in [2.05, 4.69) is 44.9 Å². The SMILES string of the molecule is Cc1ccc(NC(=O)CC(C)C(C)(C)C)c(C#CCN)c1. The minimum atomic E-state index is 0.0251. The Kier molecular flexibility index (Phi) is 5.99. The van der Waals surface area contributed by atoms with Crippen LogP contribution in [-0.4, -0.2) is 12.5 Å². The predicted molar refractivity (Wildman–Crippen MR) is 89.0 cm³/mol. The Morgan fingerprint density at radius 3 is 2.62 bits per heavy atom. The summed E-state index contributed by atoms with van der Waals surface area (Å²) in [6.45, 7) is 10.9. The van der Waals surface area contributed by atoms with E-state index in [1.165, 1.54) is 0 Å². The summed E-state index contributed by atoms with van der Waals surface area (Å²) in [5, 5.41) is 2.97. The predicted octanol–water partition coefficient (Wildman–Crippen LogP) is 3.32. The average Bonchev–Trinajstić information content (AvgIpc) is 2.37. The summed E-state index contributed by atoms with van der Waals surface area (Å²) in [6.07, 6.45) is 0.501. The first-order valence-electron chi connectivity index (χ1n) is 7.33. The summed E-state index contributed by atoms with van der Waals surface area (Å²) in [7, 11) is 0. The van der Waals surface area contributed by atoms with Crippen molar-refractivity contribution in [1.29, 1.82) is 0 Å². The lowest BCUT2D eigenvalue weighted by atomic mass is 9.80. The number of hydrogen-bond donors (Lipinski definition) is 2. The Morgan fingerprint density at radius 2 is 2.05 bits per heavy atom. The molecule has 1 aromatic rings. The quantitative estimate of drug-likeness (QED) is 0.838. The maximum absolute atomic E-state index is 12.2. The summed E-state index contributed by atoms with van der Waals surface area (Å²) >= 11 is 0. The van der Waals surface area contributed by atoms with Crippen LogP contribution in [0.5, 0.6) is 0 Å². The van der Waals surface area contributed by atoms with Crippen LogP contribution >= 0.6 is 0 Å². The standard InChI is InChI=1S/C18H26N2O/c1-13-8-9-16(15(11-13)7-6-10-19)20-17(21)12-14(2)18(3,4)5/h8-9,11,14H,10,12,19H2,1-5H3,(H,20,21). The molecule has 0 heterocycles. The summed E-state index contributed by atoms with van der Waals surface area (Å²) in [6, 6.07) is 5.83. The normalized spacial score (nSPS) is 12.3. The molecule has 0 bridgehead atoms. The number of carbonyl (C=O) groups excluding carboxylic acids is 1. The lowest BCUT2D eigenvalue weighted by molar-refractivity contribution is -0.117. The molecule has 0 radical (unpaired) electrons. The van der Waals surface area contributed by atoms with Gasteiger partial charge in [0.25, 0.3) is 0 Å². The Bertz CT molecular complexity index is 559. The highest BCUT2D eigenvalue weighted by Crippen LogP contribution is 2.28. The first-order valence-corrected chi connectivity index (χ1v) is 7.33. The maximum atomic E-state index is 12.2. The van der Waals surface area contributed by atoms with Crippen LogP contribution in [0.25, 0.3) is 0 Å². The molecule has 3 N–H and O–H groups in total. The third-order valence-corrected chi connectivity index (χ3v) is 3.74. The number of benzene rings is 1. The fraction of sp³-hybridized carbons (Fsp3) is 0.500. The molecule has 3 nitrogen and oxygen atoms in total. The van der Waals surface area contributed by atoms with E-state index in [9.17, 15) is 4.79 Å². The smallest absolute Gasteiger partial charge is 0.224 e. The van der Waals surface area contributed by atoms with Gasteiger partial charge in [0.15, 0.2) is 0 Å². The van der Waals surface area contributed by atoms with E-state index >= 15 is 0 Å². The highest BCUT2D eigenvalue weighted by molar-refractivity contribution is 5.92. The van der Waals surface area contributed by atoms with Gasteiger partial charge in [0.1, 0.15) is 0 Å². The second kappa shape index (κ2) is 7.28. The molecule has 1 amide bonds. The van der Waals surface area contributed by atoms with E-state index in [-0.39, 0.29) is 11.3 Å². The van der Waals surface area contributed by atoms with Gasteiger partial charge < -0.3 is 11.1 Å². The van der Waals surface area contributed by atoms with Crippen molar-refractivity contribution in [1.82, 2.24) is 0 Å². The van der Waals surface area contributed by atoms with Crippen molar-refractivity contribution < 1.29 is 4.79 Å². The van der Waals surface area contributed by atoms with Gasteiger partial charge >= 0.3 is 0 Å². The van der Waals surface area contributed by atoms with Crippen LogP contribution in [0.3, 0.4) is 0 Å². The molecule has 0 aliphatic rings. The van der Waals surface area contributed by atoms with Gasteiger partial charge in [-0.25, -0.2) is 0 Å². The van der Waals surface area contributed by atoms with Crippen LogP contribution in [0.1, 0.15) is 45.2 Å². The van der Waals surface area contributed by atoms with Gasteiger partial charge in [-0.1, -0.05) is 45.6 Å². The van der Waals surface area contributed by atoms with Crippen molar-refractivity contribution in [3.05, 3.63) is 29.3 Å². The molecule has 0 saturated heterocycles. The highest BCUT2D eigenvalue weighted by atomic mass is 16.1. The second-order valence-corrected chi connectivity index (χ2v) is 6.57. The van der Waals surface area contributed by atoms with Crippen LogP contribution in [0, 0.1) is 30.1 Å². The van der Waals surface area contributed by atoms with Gasteiger partial charge in [0.2, 0.25) is 5.91 Å². The summed E-state index contributed by atoms with van der Waals surface area (Å²) in [5.41, 5.74) is 8.22. The first kappa shape index (κ1) is 17.3. The first-order chi connectivity index (χ1) is 9.74. The van der Waals surface area contributed by atoms with E-state index in [1.807, 2.05) is 25.1 Å². The van der Waals surface area contributed by atoms with Gasteiger partial charge in [-0.3, -0.25) is 4.79 Å². The van der Waals surface area contributed by atoms with Gasteiger partial charge in [-0.2, -0.15) is 0 Å². The van der Waals surface area contributed by atoms with E-state index < -0.39 is 0 Å². The number of anilines is 1. The van der Waals surface area contributed by atoms with Gasteiger partial charge in [-0.05, 0) is 36.0 Å². The molecule has 3 heteroatoms. The minimum Gasteiger partial charge on any atom is -0.325 e. The summed E-state index contributed by atoms with van der Waals surface area (Å²) in [4.78, 5) is 12.2. The van der Waals surface area contributed by atoms with E-state index in [0.717, 1.165) is 16.8 Å². The molecule has 1 aromatic carbocycles. The largest absolute Gasteiger partial charge is 0.325 e. The number of nitrogens with two attached hydrogens (primary N) is 1. The number of hydrogen-bond acceptors (Lipinski definition) is 2. The van der Waals surface area contributed by atoms with Crippen molar-refractivity contribution in [3.63, 3.8) is 0 Å². The number of aryl methyl sites for hydroxylation is 1. The van der Waals surface area contributed by atoms with Gasteiger partial charge in [0.05, 0.1) is 12.2 Å². The third kappa shape index (κ3) is 5.61. The van der Waals surface area contributed by atoms with Crippen molar-refractivity contribution in [2.75, 3.05) is 11.9 Å². The average molecular weight is 286 g/mol. The van der Waals surface area contributed by atoms with Crippen LogP contribution < -0.4 is 11.1 Å². The van der Waals surface area contributed by atoms with Crippen molar-refractivity contribution >= 4 is 11.6 Å². The van der Waals surface area contributed by atoms with Crippen LogP contribution in [-0.2, 0) is 4.79 Å². The molecule has 0 fully saturated rings. The molecule has 21 heavy (non-hydrogen) atoms. The minimum absolute atomic E-state index is 0.0251. The maximum Gasteiger partial charge on any atom is 0.224 e. The van der Waals surface area contributed by atoms with E-state index in [0.29, 0.717) is 18.9 Å². The Balaban J connectivity index is 2.85. The molecular formula is C18H26N2O. The van der Waals surface area contributed by atoms with Crippen LogP contribution in [0.2, 0.25) is 0 Å². The molecule has 0 aliphatic heterocycles. The molecule has 0 aromatic heterocycles. The van der Waals surface area contributed by atoms with Gasteiger partial charge in [-0.15, -0.1) is 0 Å². The molecule has 0 aliphatic carbocycles. The highest BCUT2D eigenvalue weighted by Gasteiger charge is 2.22. The topological polar surface area (TPSA) is 55.1 Å². The van der Waals surface area contributed by atoms with Crippen LogP contribution in [0.4, 0.5) is 5.69 Å². The van der Waals surface area contributed by atoms with E-state index in [1.54, 1.807) is 0 Å². The zero-order chi connectivity index (χ0) is 16.0. The Hall–Kier alpha value is -1.79. The molecule has 0 saturated carbocycles. The van der Waals surface area contributed by atoms with Crippen molar-refractivity contribution in [3.8, 4) is 11.8 Å². The van der Waals surface area contributed by atoms with Crippen molar-refractivity contribution in [2.24, 2.45) is 17.1 Å². The zero-order valence-electron chi connectivity index (χ0n) is 13.7. The number of nitrogens with one attached hydrogen (secondary N) is 1. The number of amides is 1.